The van der Waals surface area contributed by atoms with Crippen LogP contribution in [0, 0.1) is 5.92 Å². The van der Waals surface area contributed by atoms with E-state index in [4.69, 9.17) is 9.15 Å². The van der Waals surface area contributed by atoms with Gasteiger partial charge in [0.2, 0.25) is 5.89 Å². The van der Waals surface area contributed by atoms with Crippen molar-refractivity contribution in [1.29, 1.82) is 0 Å². The average Bonchev–Trinajstić information content (AvgIpc) is 3.44. The third-order valence-electron chi connectivity index (χ3n) is 5.51. The van der Waals surface area contributed by atoms with Crippen LogP contribution in [0.3, 0.4) is 0 Å². The largest absolute Gasteiger partial charge is 0.494 e. The van der Waals surface area contributed by atoms with Crippen LogP contribution in [0.4, 0.5) is 11.4 Å². The molecule has 11 heteroatoms. The molecule has 0 atom stereocenters. The summed E-state index contributed by atoms with van der Waals surface area (Å²) in [6, 6.07) is 7.39. The lowest BCUT2D eigenvalue weighted by molar-refractivity contribution is -0.119. The number of aliphatic hydroxyl groups excluding tert-OH is 1. The Morgan fingerprint density at radius 3 is 2.76 bits per heavy atom. The second-order valence-electron chi connectivity index (χ2n) is 8.05. The van der Waals surface area contributed by atoms with Gasteiger partial charge in [0.15, 0.2) is 11.6 Å². The van der Waals surface area contributed by atoms with E-state index in [1.54, 1.807) is 37.4 Å². The average molecular weight is 461 g/mol. The SMILES string of the molecule is COc1c(Nc2cc(CC(=O)C3CC3)ncc2-c2nnc(CO)o2)cccc1-c1ncn(C)n1. The van der Waals surface area contributed by atoms with E-state index in [0.717, 1.165) is 12.8 Å². The van der Waals surface area contributed by atoms with Crippen LogP contribution in [0.25, 0.3) is 22.8 Å². The Bertz CT molecular complexity index is 1340. The monoisotopic (exact) mass is 461 g/mol. The van der Waals surface area contributed by atoms with Crippen molar-refractivity contribution in [3.63, 3.8) is 0 Å². The lowest BCUT2D eigenvalue weighted by Crippen LogP contribution is -2.07. The molecule has 3 heterocycles. The number of carbonyl (C=O) groups excluding carboxylic acids is 1. The molecule has 4 aromatic rings. The van der Waals surface area contributed by atoms with E-state index in [2.05, 4.69) is 30.6 Å². The zero-order valence-corrected chi connectivity index (χ0v) is 18.7. The molecule has 0 saturated heterocycles. The quantitative estimate of drug-likeness (QED) is 0.382. The molecule has 11 nitrogen and oxygen atoms in total. The van der Waals surface area contributed by atoms with Crippen molar-refractivity contribution in [2.24, 2.45) is 13.0 Å². The van der Waals surface area contributed by atoms with E-state index in [1.807, 2.05) is 18.2 Å². The zero-order chi connectivity index (χ0) is 23.7. The molecular formula is C23H23N7O4. The Kier molecular flexibility index (Phi) is 5.76. The zero-order valence-electron chi connectivity index (χ0n) is 18.7. The summed E-state index contributed by atoms with van der Waals surface area (Å²) >= 11 is 0. The first kappa shape index (κ1) is 21.7. The topological polar surface area (TPSA) is 141 Å². The van der Waals surface area contributed by atoms with Gasteiger partial charge in [-0.05, 0) is 31.0 Å². The van der Waals surface area contributed by atoms with Crippen molar-refractivity contribution in [1.82, 2.24) is 29.9 Å². The molecule has 0 unspecified atom stereocenters. The van der Waals surface area contributed by atoms with Crippen molar-refractivity contribution in [3.05, 3.63) is 48.4 Å². The maximum atomic E-state index is 12.4. The summed E-state index contributed by atoms with van der Waals surface area (Å²) in [5, 5.41) is 24.9. The van der Waals surface area contributed by atoms with Crippen LogP contribution in [0.1, 0.15) is 24.4 Å². The fourth-order valence-corrected chi connectivity index (χ4v) is 3.66. The van der Waals surface area contributed by atoms with Crippen molar-refractivity contribution in [3.8, 4) is 28.6 Å². The van der Waals surface area contributed by atoms with Gasteiger partial charge in [-0.25, -0.2) is 4.98 Å². The van der Waals surface area contributed by atoms with Crippen molar-refractivity contribution >= 4 is 17.2 Å². The number of pyridine rings is 1. The number of carbonyl (C=O) groups is 1. The Morgan fingerprint density at radius 2 is 2.09 bits per heavy atom. The second-order valence-corrected chi connectivity index (χ2v) is 8.05. The standard InChI is InChI=1S/C23H23N7O4/c1-30-12-25-22(29-30)15-4-3-5-17(21(15)33-2)26-18-8-14(9-19(32)13-6-7-13)24-10-16(18)23-28-27-20(11-31)34-23/h3-5,8,10,12-13,31H,6-7,9,11H2,1-2H3,(H,24,26). The number of para-hydroxylation sites is 1. The number of anilines is 2. The van der Waals surface area contributed by atoms with Crippen molar-refractivity contribution < 1.29 is 19.1 Å². The minimum atomic E-state index is -0.371. The van der Waals surface area contributed by atoms with Gasteiger partial charge in [0.05, 0.1) is 29.6 Å². The van der Waals surface area contributed by atoms with E-state index < -0.39 is 0 Å². The van der Waals surface area contributed by atoms with E-state index >= 15 is 0 Å². The first-order chi connectivity index (χ1) is 16.6. The maximum Gasteiger partial charge on any atom is 0.251 e. The number of benzene rings is 1. The van der Waals surface area contributed by atoms with Crippen molar-refractivity contribution in [2.75, 3.05) is 12.4 Å². The highest BCUT2D eigenvalue weighted by molar-refractivity contribution is 5.86. The number of ether oxygens (including phenoxy) is 1. The van der Waals surface area contributed by atoms with Gasteiger partial charge in [0, 0.05) is 31.3 Å². The lowest BCUT2D eigenvalue weighted by atomic mass is 10.1. The summed E-state index contributed by atoms with van der Waals surface area (Å²) in [5.74, 6) is 1.69. The fraction of sp³-hybridized carbons (Fsp3) is 0.304. The van der Waals surface area contributed by atoms with Crippen LogP contribution in [0.5, 0.6) is 5.75 Å². The Balaban J connectivity index is 1.55. The summed E-state index contributed by atoms with van der Waals surface area (Å²) in [4.78, 5) is 21.2. The minimum Gasteiger partial charge on any atom is -0.494 e. The minimum absolute atomic E-state index is 0.0924. The lowest BCUT2D eigenvalue weighted by Gasteiger charge is -2.16. The van der Waals surface area contributed by atoms with Gasteiger partial charge in [0.25, 0.3) is 5.89 Å². The number of aromatic nitrogens is 6. The molecule has 5 rings (SSSR count). The number of nitrogens with one attached hydrogen (secondary N) is 1. The molecule has 3 aromatic heterocycles. The molecule has 2 N–H and O–H groups in total. The highest BCUT2D eigenvalue weighted by Gasteiger charge is 2.29. The molecule has 0 spiro atoms. The summed E-state index contributed by atoms with van der Waals surface area (Å²) in [5.41, 5.74) is 3.13. The normalized spacial score (nSPS) is 13.1. The third kappa shape index (κ3) is 4.37. The van der Waals surface area contributed by atoms with Gasteiger partial charge >= 0.3 is 0 Å². The molecule has 1 fully saturated rings. The predicted molar refractivity (Wildman–Crippen MR) is 121 cm³/mol. The van der Waals surface area contributed by atoms with Gasteiger partial charge in [-0.3, -0.25) is 14.5 Å². The number of ketones is 1. The Labute approximate surface area is 194 Å². The number of nitrogens with zero attached hydrogens (tertiary/aromatic N) is 6. The number of hydrogen-bond donors (Lipinski definition) is 2. The molecule has 0 aliphatic heterocycles. The molecule has 1 aromatic carbocycles. The number of rotatable bonds is 9. The van der Waals surface area contributed by atoms with Gasteiger partial charge in [0.1, 0.15) is 18.7 Å². The molecule has 174 valence electrons. The number of methoxy groups -OCH3 is 1. The molecular weight excluding hydrogens is 438 g/mol. The third-order valence-corrected chi connectivity index (χ3v) is 5.51. The number of aliphatic hydroxyl groups is 1. The second kappa shape index (κ2) is 9.02. The fourth-order valence-electron chi connectivity index (χ4n) is 3.66. The summed E-state index contributed by atoms with van der Waals surface area (Å²) in [6.07, 6.45) is 5.34. The van der Waals surface area contributed by atoms with Gasteiger partial charge in [-0.2, -0.15) is 5.10 Å². The van der Waals surface area contributed by atoms with E-state index in [0.29, 0.717) is 39.8 Å². The van der Waals surface area contributed by atoms with Crippen LogP contribution in [-0.4, -0.2) is 47.9 Å². The molecule has 0 radical (unpaired) electrons. The van der Waals surface area contributed by atoms with Crippen LogP contribution >= 0.6 is 0 Å². The van der Waals surface area contributed by atoms with Crippen molar-refractivity contribution in [2.45, 2.75) is 25.9 Å². The van der Waals surface area contributed by atoms with Gasteiger partial charge in [-0.15, -0.1) is 10.2 Å². The molecule has 1 aliphatic rings. The predicted octanol–water partition coefficient (Wildman–Crippen LogP) is 2.69. The highest BCUT2D eigenvalue weighted by atomic mass is 16.5. The first-order valence-electron chi connectivity index (χ1n) is 10.8. The molecule has 0 amide bonds. The molecule has 1 saturated carbocycles. The molecule has 34 heavy (non-hydrogen) atoms. The number of hydrogen-bond acceptors (Lipinski definition) is 10. The Morgan fingerprint density at radius 1 is 1.24 bits per heavy atom. The van der Waals surface area contributed by atoms with E-state index in [9.17, 15) is 9.90 Å². The van der Waals surface area contributed by atoms with Gasteiger partial charge < -0.3 is 19.6 Å². The summed E-state index contributed by atoms with van der Waals surface area (Å²) < 4.78 is 12.9. The Hall–Kier alpha value is -4.12. The number of Topliss-reactive ketones (excluding diaryl/α,β-unsaturated/α-hetero) is 1. The highest BCUT2D eigenvalue weighted by Crippen LogP contribution is 2.39. The van der Waals surface area contributed by atoms with Crippen LogP contribution in [0.15, 0.2) is 41.2 Å². The smallest absolute Gasteiger partial charge is 0.251 e. The van der Waals surface area contributed by atoms with E-state index in [-0.39, 0.29) is 36.5 Å². The molecule has 0 bridgehead atoms. The summed E-state index contributed by atoms with van der Waals surface area (Å²) in [6.45, 7) is -0.371. The van der Waals surface area contributed by atoms with Crippen LogP contribution in [-0.2, 0) is 24.9 Å². The van der Waals surface area contributed by atoms with Crippen LogP contribution < -0.4 is 10.1 Å². The first-order valence-corrected chi connectivity index (χ1v) is 10.8. The molecule has 1 aliphatic carbocycles. The van der Waals surface area contributed by atoms with Gasteiger partial charge in [-0.1, -0.05) is 6.07 Å². The summed E-state index contributed by atoms with van der Waals surface area (Å²) in [7, 11) is 3.37. The van der Waals surface area contributed by atoms with E-state index in [1.165, 1.54) is 0 Å². The van der Waals surface area contributed by atoms with Crippen LogP contribution in [0.2, 0.25) is 0 Å². The maximum absolute atomic E-state index is 12.4. The number of aryl methyl sites for hydroxylation is 1.